The molecule has 0 radical (unpaired) electrons. The monoisotopic (exact) mass is 399 g/mol. The number of hydrogen-bond acceptors (Lipinski definition) is 6. The lowest BCUT2D eigenvalue weighted by molar-refractivity contribution is 0.0787. The van der Waals surface area contributed by atoms with Gasteiger partial charge in [-0.3, -0.25) is 14.4 Å². The van der Waals surface area contributed by atoms with Crippen LogP contribution in [0.4, 0.5) is 0 Å². The standard InChI is InChI=1S/C21H29N5O3/c1-29-18-6-7-20(27)17(11-18)14-24-8-4-5-16(12-24)13-26-15-19(22-23-26)21(28)25-9-2-3-10-25/h6-7,11,15-16,27H,2-5,8-10,12-14H2,1H3/t16-/m1/s1. The number of aromatic hydroxyl groups is 1. The van der Waals surface area contributed by atoms with Crippen molar-refractivity contribution in [1.29, 1.82) is 0 Å². The van der Waals surface area contributed by atoms with Crippen molar-refractivity contribution in [2.45, 2.75) is 38.8 Å². The molecule has 3 heterocycles. The number of hydrogen-bond donors (Lipinski definition) is 1. The van der Waals surface area contributed by atoms with E-state index in [0.717, 1.165) is 69.7 Å². The van der Waals surface area contributed by atoms with Gasteiger partial charge in [0.15, 0.2) is 5.69 Å². The van der Waals surface area contributed by atoms with Crippen LogP contribution in [0.15, 0.2) is 24.4 Å². The molecule has 1 aromatic heterocycles. The fourth-order valence-electron chi connectivity index (χ4n) is 4.33. The molecule has 2 saturated heterocycles. The first-order valence-electron chi connectivity index (χ1n) is 10.4. The smallest absolute Gasteiger partial charge is 0.276 e. The zero-order valence-corrected chi connectivity index (χ0v) is 17.0. The number of piperidine rings is 1. The van der Waals surface area contributed by atoms with E-state index in [1.54, 1.807) is 30.1 Å². The molecule has 1 atom stereocenters. The molecular formula is C21H29N5O3. The second kappa shape index (κ2) is 8.82. The summed E-state index contributed by atoms with van der Waals surface area (Å²) >= 11 is 0. The Balaban J connectivity index is 1.35. The minimum atomic E-state index is -0.00693. The topological polar surface area (TPSA) is 83.7 Å². The summed E-state index contributed by atoms with van der Waals surface area (Å²) < 4.78 is 7.08. The molecule has 0 bridgehead atoms. The summed E-state index contributed by atoms with van der Waals surface area (Å²) in [5.74, 6) is 1.49. The number of amides is 1. The summed E-state index contributed by atoms with van der Waals surface area (Å²) in [6, 6.07) is 5.35. The quantitative estimate of drug-likeness (QED) is 0.801. The first-order chi connectivity index (χ1) is 14.1. The van der Waals surface area contributed by atoms with Crippen LogP contribution >= 0.6 is 0 Å². The maximum absolute atomic E-state index is 12.5. The van der Waals surface area contributed by atoms with Crippen molar-refractivity contribution in [3.8, 4) is 11.5 Å². The van der Waals surface area contributed by atoms with Crippen molar-refractivity contribution < 1.29 is 14.6 Å². The van der Waals surface area contributed by atoms with E-state index in [9.17, 15) is 9.90 Å². The van der Waals surface area contributed by atoms with Gasteiger partial charge in [0.2, 0.25) is 0 Å². The Morgan fingerprint density at radius 1 is 1.24 bits per heavy atom. The summed E-state index contributed by atoms with van der Waals surface area (Å²) in [7, 11) is 1.63. The third-order valence-electron chi connectivity index (χ3n) is 5.88. The van der Waals surface area contributed by atoms with Crippen molar-refractivity contribution in [2.75, 3.05) is 33.3 Å². The zero-order chi connectivity index (χ0) is 20.2. The molecule has 0 unspecified atom stereocenters. The summed E-state index contributed by atoms with van der Waals surface area (Å²) in [5.41, 5.74) is 1.32. The number of ether oxygens (including phenoxy) is 1. The van der Waals surface area contributed by atoms with Gasteiger partial charge in [-0.2, -0.15) is 0 Å². The van der Waals surface area contributed by atoms with Gasteiger partial charge < -0.3 is 14.7 Å². The first kappa shape index (κ1) is 19.7. The normalized spacial score (nSPS) is 20.2. The van der Waals surface area contributed by atoms with Gasteiger partial charge in [-0.1, -0.05) is 5.21 Å². The van der Waals surface area contributed by atoms with Crippen molar-refractivity contribution in [2.24, 2.45) is 5.92 Å². The molecule has 8 heteroatoms. The Morgan fingerprint density at radius 2 is 2.07 bits per heavy atom. The lowest BCUT2D eigenvalue weighted by Gasteiger charge is -2.32. The van der Waals surface area contributed by atoms with E-state index in [1.807, 2.05) is 11.0 Å². The van der Waals surface area contributed by atoms with E-state index >= 15 is 0 Å². The van der Waals surface area contributed by atoms with Crippen molar-refractivity contribution in [3.63, 3.8) is 0 Å². The van der Waals surface area contributed by atoms with Gasteiger partial charge in [0.1, 0.15) is 11.5 Å². The van der Waals surface area contributed by atoms with E-state index < -0.39 is 0 Å². The average Bonchev–Trinajstić information content (AvgIpc) is 3.42. The second-order valence-corrected chi connectivity index (χ2v) is 8.06. The molecule has 8 nitrogen and oxygen atoms in total. The van der Waals surface area contributed by atoms with Gasteiger partial charge in [0, 0.05) is 38.3 Å². The van der Waals surface area contributed by atoms with Gasteiger partial charge in [-0.15, -0.1) is 5.10 Å². The molecule has 1 N–H and O–H groups in total. The number of phenolic OH excluding ortho intramolecular Hbond substituents is 1. The SMILES string of the molecule is COc1ccc(O)c(CN2CCC[C@@H](Cn3cc(C(=O)N4CCCC4)nn3)C2)c1. The second-order valence-electron chi connectivity index (χ2n) is 8.06. The molecule has 2 aromatic rings. The summed E-state index contributed by atoms with van der Waals surface area (Å²) in [4.78, 5) is 16.7. The Kier molecular flexibility index (Phi) is 5.99. The number of phenols is 1. The molecule has 1 amide bonds. The number of likely N-dealkylation sites (tertiary alicyclic amines) is 2. The van der Waals surface area contributed by atoms with Crippen LogP contribution in [-0.4, -0.2) is 69.1 Å². The van der Waals surface area contributed by atoms with Gasteiger partial charge in [0.25, 0.3) is 5.91 Å². The Bertz CT molecular complexity index is 847. The Labute approximate surface area is 171 Å². The number of carbonyl (C=O) groups is 1. The summed E-state index contributed by atoms with van der Waals surface area (Å²) in [5, 5.41) is 18.5. The van der Waals surface area contributed by atoms with Gasteiger partial charge >= 0.3 is 0 Å². The molecule has 1 aromatic carbocycles. The average molecular weight is 399 g/mol. The maximum atomic E-state index is 12.5. The van der Waals surface area contributed by atoms with Gasteiger partial charge in [-0.05, 0) is 56.3 Å². The molecule has 2 aliphatic heterocycles. The fraction of sp³-hybridized carbons (Fsp3) is 0.571. The number of rotatable bonds is 6. The highest BCUT2D eigenvalue weighted by molar-refractivity contribution is 5.92. The Morgan fingerprint density at radius 3 is 2.86 bits per heavy atom. The molecule has 0 spiro atoms. The van der Waals surface area contributed by atoms with Crippen LogP contribution in [0.5, 0.6) is 11.5 Å². The molecule has 2 aliphatic rings. The van der Waals surface area contributed by atoms with Gasteiger partial charge in [-0.25, -0.2) is 0 Å². The van der Waals surface area contributed by atoms with Crippen molar-refractivity contribution >= 4 is 5.91 Å². The van der Waals surface area contributed by atoms with E-state index in [0.29, 0.717) is 23.9 Å². The third kappa shape index (κ3) is 4.70. The van der Waals surface area contributed by atoms with E-state index in [1.165, 1.54) is 0 Å². The highest BCUT2D eigenvalue weighted by Gasteiger charge is 2.24. The van der Waals surface area contributed by atoms with Crippen LogP contribution in [0.3, 0.4) is 0 Å². The fourth-order valence-corrected chi connectivity index (χ4v) is 4.33. The minimum absolute atomic E-state index is 0.00693. The molecule has 29 heavy (non-hydrogen) atoms. The van der Waals surface area contributed by atoms with Crippen LogP contribution in [0, 0.1) is 5.92 Å². The third-order valence-corrected chi connectivity index (χ3v) is 5.88. The minimum Gasteiger partial charge on any atom is -0.508 e. The molecule has 0 saturated carbocycles. The number of methoxy groups -OCH3 is 1. The zero-order valence-electron chi connectivity index (χ0n) is 17.0. The molecule has 156 valence electrons. The number of aromatic nitrogens is 3. The number of benzene rings is 1. The molecule has 2 fully saturated rings. The molecule has 0 aliphatic carbocycles. The molecule has 4 rings (SSSR count). The van der Waals surface area contributed by atoms with Crippen LogP contribution in [0.2, 0.25) is 0 Å². The van der Waals surface area contributed by atoms with Gasteiger partial charge in [0.05, 0.1) is 13.3 Å². The van der Waals surface area contributed by atoms with E-state index in [-0.39, 0.29) is 5.91 Å². The summed E-state index contributed by atoms with van der Waals surface area (Å²) in [6.07, 6.45) is 6.15. The molecular weight excluding hydrogens is 370 g/mol. The highest BCUT2D eigenvalue weighted by Crippen LogP contribution is 2.27. The maximum Gasteiger partial charge on any atom is 0.276 e. The van der Waals surface area contributed by atoms with E-state index in [4.69, 9.17) is 4.74 Å². The summed E-state index contributed by atoms with van der Waals surface area (Å²) in [6.45, 7) is 5.01. The lowest BCUT2D eigenvalue weighted by Crippen LogP contribution is -2.36. The van der Waals surface area contributed by atoms with Crippen LogP contribution < -0.4 is 4.74 Å². The number of carbonyl (C=O) groups excluding carboxylic acids is 1. The highest BCUT2D eigenvalue weighted by atomic mass is 16.5. The number of nitrogens with zero attached hydrogens (tertiary/aromatic N) is 5. The van der Waals surface area contributed by atoms with Crippen LogP contribution in [-0.2, 0) is 13.1 Å². The van der Waals surface area contributed by atoms with Crippen molar-refractivity contribution in [3.05, 3.63) is 35.7 Å². The van der Waals surface area contributed by atoms with E-state index in [2.05, 4.69) is 15.2 Å². The van der Waals surface area contributed by atoms with Crippen LogP contribution in [0.1, 0.15) is 41.7 Å². The largest absolute Gasteiger partial charge is 0.508 e. The first-order valence-corrected chi connectivity index (χ1v) is 10.4. The van der Waals surface area contributed by atoms with Crippen LogP contribution in [0.25, 0.3) is 0 Å². The van der Waals surface area contributed by atoms with Crippen molar-refractivity contribution in [1.82, 2.24) is 24.8 Å². The predicted octanol–water partition coefficient (Wildman–Crippen LogP) is 2.14. The Hall–Kier alpha value is -2.61. The lowest BCUT2D eigenvalue weighted by atomic mass is 9.97. The predicted molar refractivity (Wildman–Crippen MR) is 108 cm³/mol.